The number of amides is 1. The van der Waals surface area contributed by atoms with Crippen LogP contribution in [0.2, 0.25) is 0 Å². The minimum Gasteiger partial charge on any atom is -0.376 e. The van der Waals surface area contributed by atoms with Crippen molar-refractivity contribution in [3.63, 3.8) is 0 Å². The van der Waals surface area contributed by atoms with E-state index in [1.165, 1.54) is 6.20 Å². The van der Waals surface area contributed by atoms with Crippen LogP contribution < -0.4 is 5.43 Å². The number of aromatic nitrogens is 3. The van der Waals surface area contributed by atoms with Crippen molar-refractivity contribution in [3.05, 3.63) is 69.9 Å². The molecule has 0 bridgehead atoms. The van der Waals surface area contributed by atoms with Gasteiger partial charge in [-0.2, -0.15) is 0 Å². The van der Waals surface area contributed by atoms with Crippen molar-refractivity contribution in [2.75, 3.05) is 13.2 Å². The lowest BCUT2D eigenvalue weighted by atomic mass is 10.1. The van der Waals surface area contributed by atoms with Gasteiger partial charge in [0.25, 0.3) is 5.91 Å². The summed E-state index contributed by atoms with van der Waals surface area (Å²) in [5, 5.41) is 0.409. The Balaban J connectivity index is 1.67. The first-order valence-electron chi connectivity index (χ1n) is 9.41. The molecule has 7 nitrogen and oxygen atoms in total. The van der Waals surface area contributed by atoms with E-state index in [2.05, 4.69) is 15.0 Å². The smallest absolute Gasteiger partial charge is 0.259 e. The molecule has 4 rings (SSSR count). The highest BCUT2D eigenvalue weighted by atomic mass is 16.5. The Morgan fingerprint density at radius 1 is 1.32 bits per heavy atom. The molecule has 1 saturated heterocycles. The van der Waals surface area contributed by atoms with Gasteiger partial charge in [-0.1, -0.05) is 6.07 Å². The topological polar surface area (TPSA) is 88.2 Å². The molecular formula is C21H22N4O3. The fraction of sp³-hybridized carbons (Fsp3) is 0.333. The first-order chi connectivity index (χ1) is 13.6. The number of pyridine rings is 3. The van der Waals surface area contributed by atoms with Crippen molar-refractivity contribution in [3.8, 4) is 0 Å². The number of rotatable bonds is 5. The fourth-order valence-corrected chi connectivity index (χ4v) is 3.47. The minimum atomic E-state index is -0.329. The molecule has 0 saturated carbocycles. The van der Waals surface area contributed by atoms with E-state index < -0.39 is 0 Å². The largest absolute Gasteiger partial charge is 0.376 e. The molecule has 1 aliphatic rings. The summed E-state index contributed by atoms with van der Waals surface area (Å²) in [6.07, 6.45) is 5.03. The number of ether oxygens (including phenoxy) is 1. The Labute approximate surface area is 162 Å². The van der Waals surface area contributed by atoms with Crippen LogP contribution in [-0.2, 0) is 11.3 Å². The normalized spacial score (nSPS) is 16.4. The highest BCUT2D eigenvalue weighted by Crippen LogP contribution is 2.17. The van der Waals surface area contributed by atoms with Crippen molar-refractivity contribution in [2.45, 2.75) is 32.4 Å². The lowest BCUT2D eigenvalue weighted by Gasteiger charge is -2.25. The van der Waals surface area contributed by atoms with E-state index in [-0.39, 0.29) is 23.0 Å². The van der Waals surface area contributed by atoms with Gasteiger partial charge in [-0.3, -0.25) is 14.6 Å². The summed E-state index contributed by atoms with van der Waals surface area (Å²) in [6.45, 7) is 3.31. The predicted octanol–water partition coefficient (Wildman–Crippen LogP) is 2.45. The number of H-pyrrole nitrogens is 1. The Hall–Kier alpha value is -3.06. The molecule has 0 spiro atoms. The zero-order valence-corrected chi connectivity index (χ0v) is 15.7. The van der Waals surface area contributed by atoms with E-state index in [1.807, 2.05) is 25.1 Å². The summed E-state index contributed by atoms with van der Waals surface area (Å²) in [6, 6.07) is 9.06. The zero-order chi connectivity index (χ0) is 19.5. The lowest BCUT2D eigenvalue weighted by molar-refractivity contribution is 0.0503. The van der Waals surface area contributed by atoms with E-state index in [1.54, 1.807) is 23.2 Å². The Kier molecular flexibility index (Phi) is 5.16. The third-order valence-electron chi connectivity index (χ3n) is 4.92. The summed E-state index contributed by atoms with van der Waals surface area (Å²) >= 11 is 0. The molecule has 1 atom stereocenters. The van der Waals surface area contributed by atoms with E-state index in [0.717, 1.165) is 24.2 Å². The van der Waals surface area contributed by atoms with Gasteiger partial charge in [0.1, 0.15) is 11.2 Å². The number of hydrogen-bond acceptors (Lipinski definition) is 5. The predicted molar refractivity (Wildman–Crippen MR) is 105 cm³/mol. The summed E-state index contributed by atoms with van der Waals surface area (Å²) in [4.78, 5) is 39.5. The third kappa shape index (κ3) is 3.80. The maximum absolute atomic E-state index is 13.3. The second-order valence-corrected chi connectivity index (χ2v) is 7.02. The standard InChI is InChI=1S/C21H22N4O3/c1-14-7-8-17-19(26)18(11-23-20(17)24-14)21(27)25(13-16-6-4-10-28-16)12-15-5-2-3-9-22-15/h2-3,5,7-9,11,16H,4,6,10,12-13H2,1H3,(H,23,24,26)/t16-/m0/s1. The van der Waals surface area contributed by atoms with Gasteiger partial charge in [0, 0.05) is 31.2 Å². The van der Waals surface area contributed by atoms with Crippen LogP contribution in [0, 0.1) is 6.92 Å². The van der Waals surface area contributed by atoms with Gasteiger partial charge in [0.2, 0.25) is 5.43 Å². The molecule has 7 heteroatoms. The monoisotopic (exact) mass is 378 g/mol. The first-order valence-corrected chi connectivity index (χ1v) is 9.41. The molecule has 1 aliphatic heterocycles. The van der Waals surface area contributed by atoms with Crippen LogP contribution in [-0.4, -0.2) is 45.0 Å². The van der Waals surface area contributed by atoms with E-state index in [0.29, 0.717) is 30.7 Å². The van der Waals surface area contributed by atoms with Crippen molar-refractivity contribution in [2.24, 2.45) is 0 Å². The number of nitrogens with zero attached hydrogens (tertiary/aromatic N) is 3. The van der Waals surface area contributed by atoms with Crippen LogP contribution in [0.4, 0.5) is 0 Å². The maximum Gasteiger partial charge on any atom is 0.259 e. The average Bonchev–Trinajstić information content (AvgIpc) is 3.21. The van der Waals surface area contributed by atoms with Crippen molar-refractivity contribution < 1.29 is 9.53 Å². The highest BCUT2D eigenvalue weighted by molar-refractivity contribution is 5.96. The summed E-state index contributed by atoms with van der Waals surface area (Å²) in [7, 11) is 0. The molecular weight excluding hydrogens is 356 g/mol. The third-order valence-corrected chi connectivity index (χ3v) is 4.92. The Morgan fingerprint density at radius 2 is 2.21 bits per heavy atom. The molecule has 0 aromatic carbocycles. The van der Waals surface area contributed by atoms with Gasteiger partial charge in [-0.15, -0.1) is 0 Å². The molecule has 3 aromatic heterocycles. The number of aromatic amines is 1. The summed E-state index contributed by atoms with van der Waals surface area (Å²) in [5.74, 6) is -0.329. The molecule has 144 valence electrons. The van der Waals surface area contributed by atoms with E-state index >= 15 is 0 Å². The molecule has 0 aliphatic carbocycles. The molecule has 4 heterocycles. The first kappa shape index (κ1) is 18.3. The van der Waals surface area contributed by atoms with E-state index in [4.69, 9.17) is 4.74 Å². The van der Waals surface area contributed by atoms with Gasteiger partial charge in [0.05, 0.1) is 23.7 Å². The van der Waals surface area contributed by atoms with Gasteiger partial charge < -0.3 is 14.6 Å². The number of carbonyl (C=O) groups is 1. The molecule has 28 heavy (non-hydrogen) atoms. The molecule has 1 N–H and O–H groups in total. The molecule has 1 amide bonds. The van der Waals surface area contributed by atoms with Crippen LogP contribution in [0.3, 0.4) is 0 Å². The second kappa shape index (κ2) is 7.90. The molecule has 1 fully saturated rings. The van der Waals surface area contributed by atoms with Crippen molar-refractivity contribution in [1.82, 2.24) is 19.9 Å². The molecule has 0 unspecified atom stereocenters. The van der Waals surface area contributed by atoms with Gasteiger partial charge >= 0.3 is 0 Å². The van der Waals surface area contributed by atoms with Crippen LogP contribution in [0.25, 0.3) is 11.0 Å². The average molecular weight is 378 g/mol. The van der Waals surface area contributed by atoms with Gasteiger partial charge in [-0.05, 0) is 44.0 Å². The van der Waals surface area contributed by atoms with Crippen LogP contribution in [0.5, 0.6) is 0 Å². The van der Waals surface area contributed by atoms with Gasteiger partial charge in [0.15, 0.2) is 0 Å². The molecule has 3 aromatic rings. The Bertz CT molecular complexity index is 1040. The van der Waals surface area contributed by atoms with Crippen LogP contribution in [0.1, 0.15) is 34.6 Å². The second-order valence-electron chi connectivity index (χ2n) is 7.02. The summed E-state index contributed by atoms with van der Waals surface area (Å²) in [5.41, 5.74) is 1.84. The van der Waals surface area contributed by atoms with Gasteiger partial charge in [-0.25, -0.2) is 4.98 Å². The quantitative estimate of drug-likeness (QED) is 0.737. The lowest BCUT2D eigenvalue weighted by Crippen LogP contribution is -2.39. The summed E-state index contributed by atoms with van der Waals surface area (Å²) < 4.78 is 5.71. The SMILES string of the molecule is Cc1ccc2c(=O)c(C(=O)N(Cc3ccccn3)C[C@@H]3CCCO3)c[nH]c2n1. The number of aryl methyl sites for hydroxylation is 1. The fourth-order valence-electron chi connectivity index (χ4n) is 3.47. The number of fused-ring (bicyclic) bond motifs is 1. The molecule has 0 radical (unpaired) electrons. The van der Waals surface area contributed by atoms with Crippen molar-refractivity contribution in [1.29, 1.82) is 0 Å². The Morgan fingerprint density at radius 3 is 2.96 bits per heavy atom. The maximum atomic E-state index is 13.3. The van der Waals surface area contributed by atoms with Crippen molar-refractivity contribution >= 4 is 16.9 Å². The number of nitrogens with one attached hydrogen (secondary N) is 1. The van der Waals surface area contributed by atoms with E-state index in [9.17, 15) is 9.59 Å². The minimum absolute atomic E-state index is 0.0171. The number of carbonyl (C=O) groups excluding carboxylic acids is 1. The van der Waals surface area contributed by atoms with Crippen LogP contribution in [0.15, 0.2) is 47.5 Å². The zero-order valence-electron chi connectivity index (χ0n) is 15.7. The van der Waals surface area contributed by atoms with Crippen LogP contribution >= 0.6 is 0 Å². The highest BCUT2D eigenvalue weighted by Gasteiger charge is 2.26. The number of hydrogen-bond donors (Lipinski definition) is 1.